The molecule has 1 amide bonds. The number of nitrogens with zero attached hydrogens (tertiary/aromatic N) is 3. The minimum atomic E-state index is 0.145. The molecule has 2 heterocycles. The number of thiazole rings is 1. The van der Waals surface area contributed by atoms with Crippen molar-refractivity contribution in [3.63, 3.8) is 0 Å². The van der Waals surface area contributed by atoms with E-state index >= 15 is 0 Å². The van der Waals surface area contributed by atoms with Gasteiger partial charge in [-0.15, -0.1) is 11.8 Å². The molecule has 4 rings (SSSR count). The molecule has 0 spiro atoms. The average molecular weight is 500 g/mol. The van der Waals surface area contributed by atoms with Crippen LogP contribution in [0.5, 0.6) is 5.75 Å². The molecule has 0 bridgehead atoms. The second-order valence-electron chi connectivity index (χ2n) is 8.38. The van der Waals surface area contributed by atoms with Crippen LogP contribution < -0.4 is 9.64 Å². The molecule has 1 saturated heterocycles. The Hall–Kier alpha value is -2.13. The maximum absolute atomic E-state index is 13.4. The summed E-state index contributed by atoms with van der Waals surface area (Å²) in [6.07, 6.45) is 2.27. The molecule has 3 aromatic rings. The number of amides is 1. The number of aryl methyl sites for hydroxylation is 1. The number of anilines is 1. The summed E-state index contributed by atoms with van der Waals surface area (Å²) in [5.74, 6) is 1.82. The van der Waals surface area contributed by atoms with Crippen molar-refractivity contribution in [2.75, 3.05) is 57.2 Å². The third-order valence-electron chi connectivity index (χ3n) is 5.95. The number of hydrogen-bond acceptors (Lipinski definition) is 7. The first-order valence-electron chi connectivity index (χ1n) is 11.9. The van der Waals surface area contributed by atoms with Gasteiger partial charge in [0.15, 0.2) is 5.13 Å². The van der Waals surface area contributed by atoms with Crippen molar-refractivity contribution in [2.45, 2.75) is 31.1 Å². The lowest BCUT2D eigenvalue weighted by Gasteiger charge is -2.27. The maximum Gasteiger partial charge on any atom is 0.228 e. The monoisotopic (exact) mass is 499 g/mol. The topological polar surface area (TPSA) is 54.9 Å². The highest BCUT2D eigenvalue weighted by Crippen LogP contribution is 2.36. The number of benzene rings is 2. The number of carbonyl (C=O) groups excluding carboxylic acids is 1. The number of hydrogen-bond donors (Lipinski definition) is 0. The standard InChI is InChI=1S/C26H33N3O3S2/c1-20-11-12-22(31-2)24-25(20)34-26(27-24)29(14-7-13-28-15-17-32-18-16-28)23(30)10-6-19-33-21-8-4-3-5-9-21/h3-5,8-9,11-12H,6-7,10,13-19H2,1-2H3. The quantitative estimate of drug-likeness (QED) is 0.266. The van der Waals surface area contributed by atoms with Crippen molar-refractivity contribution in [3.05, 3.63) is 48.0 Å². The maximum atomic E-state index is 13.4. The van der Waals surface area contributed by atoms with E-state index in [1.165, 1.54) is 4.90 Å². The van der Waals surface area contributed by atoms with Crippen molar-refractivity contribution >= 4 is 44.4 Å². The van der Waals surface area contributed by atoms with Crippen molar-refractivity contribution in [1.82, 2.24) is 9.88 Å². The van der Waals surface area contributed by atoms with E-state index in [9.17, 15) is 4.79 Å². The van der Waals surface area contributed by atoms with Crippen LogP contribution in [0.3, 0.4) is 0 Å². The van der Waals surface area contributed by atoms with Crippen LogP contribution in [0.15, 0.2) is 47.4 Å². The molecule has 6 nitrogen and oxygen atoms in total. The molecule has 2 aromatic carbocycles. The Balaban J connectivity index is 1.44. The van der Waals surface area contributed by atoms with Crippen molar-refractivity contribution in [1.29, 1.82) is 0 Å². The Labute approximate surface area is 210 Å². The summed E-state index contributed by atoms with van der Waals surface area (Å²) in [4.78, 5) is 23.8. The number of aromatic nitrogens is 1. The molecule has 182 valence electrons. The van der Waals surface area contributed by atoms with Crippen LogP contribution in [-0.4, -0.2) is 68.0 Å². The molecule has 1 fully saturated rings. The van der Waals surface area contributed by atoms with E-state index < -0.39 is 0 Å². The van der Waals surface area contributed by atoms with Gasteiger partial charge < -0.3 is 9.47 Å². The van der Waals surface area contributed by atoms with Crippen LogP contribution in [0.4, 0.5) is 5.13 Å². The first kappa shape index (κ1) is 25.0. The van der Waals surface area contributed by atoms with Gasteiger partial charge in [0.05, 0.1) is 25.0 Å². The van der Waals surface area contributed by atoms with E-state index in [2.05, 4.69) is 30.0 Å². The SMILES string of the molecule is COc1ccc(C)c2sc(N(CCCN3CCOCC3)C(=O)CCCSc3ccccc3)nc12. The first-order chi connectivity index (χ1) is 16.7. The molecular formula is C26H33N3O3S2. The summed E-state index contributed by atoms with van der Waals surface area (Å²) in [6.45, 7) is 7.21. The van der Waals surface area contributed by atoms with Crippen LogP contribution in [0.1, 0.15) is 24.8 Å². The van der Waals surface area contributed by atoms with Gasteiger partial charge in [-0.2, -0.15) is 0 Å². The summed E-state index contributed by atoms with van der Waals surface area (Å²) in [6, 6.07) is 14.3. The summed E-state index contributed by atoms with van der Waals surface area (Å²) < 4.78 is 12.1. The average Bonchev–Trinajstić information content (AvgIpc) is 3.32. The minimum absolute atomic E-state index is 0.145. The van der Waals surface area contributed by atoms with Crippen LogP contribution in [0.2, 0.25) is 0 Å². The molecule has 0 atom stereocenters. The Morgan fingerprint density at radius 3 is 2.74 bits per heavy atom. The molecule has 1 aliphatic heterocycles. The fraction of sp³-hybridized carbons (Fsp3) is 0.462. The third kappa shape index (κ3) is 6.50. The summed E-state index contributed by atoms with van der Waals surface area (Å²) in [5.41, 5.74) is 1.99. The van der Waals surface area contributed by atoms with E-state index in [1.54, 1.807) is 30.2 Å². The molecule has 8 heteroatoms. The molecule has 1 aliphatic rings. The van der Waals surface area contributed by atoms with E-state index in [0.29, 0.717) is 13.0 Å². The number of morpholine rings is 1. The summed E-state index contributed by atoms with van der Waals surface area (Å²) >= 11 is 3.39. The van der Waals surface area contributed by atoms with Gasteiger partial charge in [0.2, 0.25) is 5.91 Å². The largest absolute Gasteiger partial charge is 0.494 e. The van der Waals surface area contributed by atoms with Crippen molar-refractivity contribution in [3.8, 4) is 5.75 Å². The smallest absolute Gasteiger partial charge is 0.228 e. The lowest BCUT2D eigenvalue weighted by atomic mass is 10.2. The van der Waals surface area contributed by atoms with E-state index in [0.717, 1.165) is 78.1 Å². The second kappa shape index (κ2) is 12.5. The van der Waals surface area contributed by atoms with Gasteiger partial charge in [0.1, 0.15) is 11.3 Å². The molecule has 0 unspecified atom stereocenters. The Morgan fingerprint density at radius 2 is 1.97 bits per heavy atom. The Bertz CT molecular complexity index is 1070. The third-order valence-corrected chi connectivity index (χ3v) is 8.26. The van der Waals surface area contributed by atoms with Gasteiger partial charge in [-0.25, -0.2) is 4.98 Å². The predicted molar refractivity (Wildman–Crippen MR) is 142 cm³/mol. The van der Waals surface area contributed by atoms with Gasteiger partial charge in [-0.3, -0.25) is 14.6 Å². The Kier molecular flexibility index (Phi) is 9.21. The molecule has 1 aromatic heterocycles. The molecular weight excluding hydrogens is 466 g/mol. The minimum Gasteiger partial charge on any atom is -0.494 e. The highest BCUT2D eigenvalue weighted by molar-refractivity contribution is 7.99. The number of carbonyl (C=O) groups is 1. The second-order valence-corrected chi connectivity index (χ2v) is 10.5. The van der Waals surface area contributed by atoms with Crippen molar-refractivity contribution in [2.24, 2.45) is 0 Å². The number of methoxy groups -OCH3 is 1. The lowest BCUT2D eigenvalue weighted by molar-refractivity contribution is -0.118. The Morgan fingerprint density at radius 1 is 1.18 bits per heavy atom. The molecule has 34 heavy (non-hydrogen) atoms. The number of ether oxygens (including phenoxy) is 2. The predicted octanol–water partition coefficient (Wildman–Crippen LogP) is 5.24. The van der Waals surface area contributed by atoms with E-state index in [-0.39, 0.29) is 5.91 Å². The van der Waals surface area contributed by atoms with Gasteiger partial charge in [-0.05, 0) is 49.3 Å². The summed E-state index contributed by atoms with van der Waals surface area (Å²) in [7, 11) is 1.67. The lowest BCUT2D eigenvalue weighted by Crippen LogP contribution is -2.39. The van der Waals surface area contributed by atoms with Crippen LogP contribution in [0.25, 0.3) is 10.2 Å². The highest BCUT2D eigenvalue weighted by atomic mass is 32.2. The summed E-state index contributed by atoms with van der Waals surface area (Å²) in [5, 5.41) is 0.769. The van der Waals surface area contributed by atoms with Crippen molar-refractivity contribution < 1.29 is 14.3 Å². The van der Waals surface area contributed by atoms with E-state index in [4.69, 9.17) is 14.5 Å². The van der Waals surface area contributed by atoms with Gasteiger partial charge in [-0.1, -0.05) is 35.6 Å². The zero-order valence-electron chi connectivity index (χ0n) is 20.0. The fourth-order valence-electron chi connectivity index (χ4n) is 4.05. The van der Waals surface area contributed by atoms with E-state index in [1.807, 2.05) is 29.2 Å². The fourth-order valence-corrected chi connectivity index (χ4v) is 6.02. The zero-order chi connectivity index (χ0) is 23.8. The number of fused-ring (bicyclic) bond motifs is 1. The molecule has 0 N–H and O–H groups in total. The zero-order valence-corrected chi connectivity index (χ0v) is 21.6. The number of thioether (sulfide) groups is 1. The number of rotatable bonds is 11. The van der Waals surface area contributed by atoms with Gasteiger partial charge in [0.25, 0.3) is 0 Å². The van der Waals surface area contributed by atoms with Gasteiger partial charge in [0, 0.05) is 37.5 Å². The molecule has 0 saturated carbocycles. The van der Waals surface area contributed by atoms with Crippen LogP contribution >= 0.6 is 23.1 Å². The van der Waals surface area contributed by atoms with Crippen LogP contribution in [0, 0.1) is 6.92 Å². The normalized spacial score (nSPS) is 14.4. The van der Waals surface area contributed by atoms with Gasteiger partial charge >= 0.3 is 0 Å². The molecule has 0 aliphatic carbocycles. The first-order valence-corrected chi connectivity index (χ1v) is 13.7. The van der Waals surface area contributed by atoms with Crippen LogP contribution in [-0.2, 0) is 9.53 Å². The molecule has 0 radical (unpaired) electrons. The highest BCUT2D eigenvalue weighted by Gasteiger charge is 2.22.